The van der Waals surface area contributed by atoms with Gasteiger partial charge in [0.05, 0.1) is 25.0 Å². The molecule has 0 saturated carbocycles. The molecule has 1 unspecified atom stereocenters. The minimum atomic E-state index is -3.62. The van der Waals surface area contributed by atoms with E-state index >= 15 is 0 Å². The Kier molecular flexibility index (Phi) is 7.24. The first kappa shape index (κ1) is 18.9. The van der Waals surface area contributed by atoms with Crippen LogP contribution in [0.2, 0.25) is 0 Å². The van der Waals surface area contributed by atoms with E-state index in [4.69, 9.17) is 9.84 Å². The Morgan fingerprint density at radius 2 is 2.05 bits per heavy atom. The van der Waals surface area contributed by atoms with Gasteiger partial charge < -0.3 is 14.7 Å². The molecule has 0 spiro atoms. The van der Waals surface area contributed by atoms with Gasteiger partial charge in [-0.1, -0.05) is 0 Å². The Balaban J connectivity index is 2.48. The molecule has 0 radical (unpaired) electrons. The number of hydrogen-bond donors (Lipinski definition) is 2. The van der Waals surface area contributed by atoms with Crippen LogP contribution in [0.4, 0.5) is 0 Å². The van der Waals surface area contributed by atoms with Crippen molar-refractivity contribution in [3.8, 4) is 0 Å². The van der Waals surface area contributed by atoms with E-state index in [9.17, 15) is 18.0 Å². The molecule has 9 heteroatoms. The topological polar surface area (TPSA) is 113 Å². The summed E-state index contributed by atoms with van der Waals surface area (Å²) in [5, 5.41) is 9.10. The third-order valence-electron chi connectivity index (χ3n) is 3.35. The van der Waals surface area contributed by atoms with Crippen LogP contribution in [0.1, 0.15) is 33.1 Å². The first-order valence-corrected chi connectivity index (χ1v) is 8.99. The van der Waals surface area contributed by atoms with Crippen LogP contribution in [0.25, 0.3) is 0 Å². The summed E-state index contributed by atoms with van der Waals surface area (Å²) >= 11 is 0. The number of aliphatic carboxylic acids is 1. The number of amides is 1. The van der Waals surface area contributed by atoms with E-state index in [0.29, 0.717) is 13.0 Å². The first-order valence-electron chi connectivity index (χ1n) is 7.34. The van der Waals surface area contributed by atoms with Gasteiger partial charge in [0.1, 0.15) is 6.04 Å². The number of ether oxygens (including phenoxy) is 1. The van der Waals surface area contributed by atoms with Crippen molar-refractivity contribution >= 4 is 21.9 Å². The van der Waals surface area contributed by atoms with Crippen molar-refractivity contribution in [1.29, 1.82) is 0 Å². The number of carbonyl (C=O) groups is 2. The SMILES string of the molecule is CC(C)OCCS(=O)(=O)NCC(=O)N1CCCCC1C(=O)O. The average molecular weight is 336 g/mol. The van der Waals surface area contributed by atoms with Crippen molar-refractivity contribution in [2.24, 2.45) is 0 Å². The van der Waals surface area contributed by atoms with Crippen LogP contribution in [0.15, 0.2) is 0 Å². The van der Waals surface area contributed by atoms with Crippen LogP contribution in [0, 0.1) is 0 Å². The van der Waals surface area contributed by atoms with Crippen molar-refractivity contribution < 1.29 is 27.9 Å². The van der Waals surface area contributed by atoms with Crippen molar-refractivity contribution in [1.82, 2.24) is 9.62 Å². The van der Waals surface area contributed by atoms with Crippen molar-refractivity contribution in [2.45, 2.75) is 45.3 Å². The maximum atomic E-state index is 12.0. The third-order valence-corrected chi connectivity index (χ3v) is 4.64. The van der Waals surface area contributed by atoms with Gasteiger partial charge in [-0.15, -0.1) is 0 Å². The van der Waals surface area contributed by atoms with Gasteiger partial charge in [0.15, 0.2) is 0 Å². The number of rotatable bonds is 8. The van der Waals surface area contributed by atoms with Crippen LogP contribution in [0.3, 0.4) is 0 Å². The summed E-state index contributed by atoms with van der Waals surface area (Å²) < 4.78 is 30.8. The maximum absolute atomic E-state index is 12.0. The van der Waals surface area contributed by atoms with Gasteiger partial charge in [-0.05, 0) is 33.1 Å². The van der Waals surface area contributed by atoms with Gasteiger partial charge in [0.2, 0.25) is 15.9 Å². The van der Waals surface area contributed by atoms with E-state index in [1.54, 1.807) is 13.8 Å². The molecule has 1 rings (SSSR count). The van der Waals surface area contributed by atoms with Gasteiger partial charge in [0, 0.05) is 6.54 Å². The minimum Gasteiger partial charge on any atom is -0.480 e. The van der Waals surface area contributed by atoms with Gasteiger partial charge in [0.25, 0.3) is 0 Å². The molecule has 1 amide bonds. The van der Waals surface area contributed by atoms with Crippen LogP contribution >= 0.6 is 0 Å². The van der Waals surface area contributed by atoms with Crippen LogP contribution < -0.4 is 4.72 Å². The van der Waals surface area contributed by atoms with E-state index < -0.39 is 34.5 Å². The summed E-state index contributed by atoms with van der Waals surface area (Å²) in [6.45, 7) is 3.56. The fraction of sp³-hybridized carbons (Fsp3) is 0.846. The highest BCUT2D eigenvalue weighted by atomic mass is 32.2. The first-order chi connectivity index (χ1) is 10.2. The number of piperidine rings is 1. The highest BCUT2D eigenvalue weighted by Gasteiger charge is 2.32. The standard InChI is InChI=1S/C13H24N2O6S/c1-10(2)21-7-8-22(19,20)14-9-12(16)15-6-4-3-5-11(15)13(17)18/h10-11,14H,3-9H2,1-2H3,(H,17,18). The molecule has 8 nitrogen and oxygen atoms in total. The minimum absolute atomic E-state index is 0.0443. The molecule has 22 heavy (non-hydrogen) atoms. The lowest BCUT2D eigenvalue weighted by Crippen LogP contribution is -2.51. The van der Waals surface area contributed by atoms with Gasteiger partial charge >= 0.3 is 5.97 Å². The van der Waals surface area contributed by atoms with Crippen molar-refractivity contribution in [3.63, 3.8) is 0 Å². The van der Waals surface area contributed by atoms with Crippen LogP contribution in [-0.4, -0.2) is 67.9 Å². The normalized spacial score (nSPS) is 19.4. The molecule has 1 heterocycles. The lowest BCUT2D eigenvalue weighted by atomic mass is 10.0. The third kappa shape index (κ3) is 6.29. The molecule has 0 aliphatic carbocycles. The summed E-state index contributed by atoms with van der Waals surface area (Å²) in [5.41, 5.74) is 0. The Hall–Kier alpha value is -1.19. The summed E-state index contributed by atoms with van der Waals surface area (Å²) in [7, 11) is -3.62. The second kappa shape index (κ2) is 8.44. The summed E-state index contributed by atoms with van der Waals surface area (Å²) in [6.07, 6.45) is 1.81. The fourth-order valence-electron chi connectivity index (χ4n) is 2.23. The van der Waals surface area contributed by atoms with E-state index in [2.05, 4.69) is 4.72 Å². The summed E-state index contributed by atoms with van der Waals surface area (Å²) in [6, 6.07) is -0.866. The Labute approximate surface area is 130 Å². The number of carbonyl (C=O) groups excluding carboxylic acids is 1. The Bertz CT molecular complexity index is 491. The zero-order valence-corrected chi connectivity index (χ0v) is 13.8. The number of hydrogen-bond acceptors (Lipinski definition) is 5. The molecule has 0 bridgehead atoms. The zero-order chi connectivity index (χ0) is 16.8. The number of carboxylic acid groups (broad SMARTS) is 1. The molecule has 1 saturated heterocycles. The lowest BCUT2D eigenvalue weighted by molar-refractivity contribution is -0.151. The molecule has 1 atom stereocenters. The maximum Gasteiger partial charge on any atom is 0.326 e. The largest absolute Gasteiger partial charge is 0.480 e. The quantitative estimate of drug-likeness (QED) is 0.634. The average Bonchev–Trinajstić information content (AvgIpc) is 2.44. The number of carboxylic acids is 1. The Morgan fingerprint density at radius 3 is 2.64 bits per heavy atom. The van der Waals surface area contributed by atoms with E-state index in [1.807, 2.05) is 0 Å². The van der Waals surface area contributed by atoms with E-state index in [0.717, 1.165) is 12.8 Å². The second-order valence-electron chi connectivity index (χ2n) is 5.50. The number of nitrogens with one attached hydrogen (secondary N) is 1. The molecule has 0 aromatic heterocycles. The highest BCUT2D eigenvalue weighted by Crippen LogP contribution is 2.17. The molecule has 0 aromatic carbocycles. The van der Waals surface area contributed by atoms with Crippen LogP contribution in [-0.2, 0) is 24.3 Å². The van der Waals surface area contributed by atoms with Crippen molar-refractivity contribution in [3.05, 3.63) is 0 Å². The zero-order valence-electron chi connectivity index (χ0n) is 12.9. The molecule has 128 valence electrons. The predicted octanol–water partition coefficient (Wildman–Crippen LogP) is -0.203. The fourth-order valence-corrected chi connectivity index (χ4v) is 3.03. The van der Waals surface area contributed by atoms with Crippen molar-refractivity contribution in [2.75, 3.05) is 25.4 Å². The van der Waals surface area contributed by atoms with Gasteiger partial charge in [-0.3, -0.25) is 4.79 Å². The molecule has 2 N–H and O–H groups in total. The van der Waals surface area contributed by atoms with Gasteiger partial charge in [-0.25, -0.2) is 17.9 Å². The molecular formula is C13H24N2O6S. The second-order valence-corrected chi connectivity index (χ2v) is 7.42. The molecule has 1 aliphatic heterocycles. The molecule has 0 aromatic rings. The number of likely N-dealkylation sites (tertiary alicyclic amines) is 1. The van der Waals surface area contributed by atoms with Crippen LogP contribution in [0.5, 0.6) is 0 Å². The Morgan fingerprint density at radius 1 is 1.36 bits per heavy atom. The number of sulfonamides is 1. The summed E-state index contributed by atoms with van der Waals surface area (Å²) in [4.78, 5) is 24.4. The summed E-state index contributed by atoms with van der Waals surface area (Å²) in [5.74, 6) is -1.80. The number of nitrogens with zero attached hydrogens (tertiary/aromatic N) is 1. The van der Waals surface area contributed by atoms with E-state index in [-0.39, 0.29) is 18.5 Å². The molecular weight excluding hydrogens is 312 g/mol. The monoisotopic (exact) mass is 336 g/mol. The highest BCUT2D eigenvalue weighted by molar-refractivity contribution is 7.89. The molecule has 1 fully saturated rings. The smallest absolute Gasteiger partial charge is 0.326 e. The predicted molar refractivity (Wildman–Crippen MR) is 79.9 cm³/mol. The molecule has 1 aliphatic rings. The lowest BCUT2D eigenvalue weighted by Gasteiger charge is -2.33. The van der Waals surface area contributed by atoms with E-state index in [1.165, 1.54) is 4.90 Å². The van der Waals surface area contributed by atoms with Gasteiger partial charge in [-0.2, -0.15) is 0 Å².